The maximum Gasteiger partial charge on any atom is 0.224 e. The number of hydrogen-bond donors (Lipinski definition) is 1. The first-order valence-electron chi connectivity index (χ1n) is 10.6. The third-order valence-electron chi connectivity index (χ3n) is 6.00. The summed E-state index contributed by atoms with van der Waals surface area (Å²) in [6, 6.07) is 12.1. The number of carbonyl (C=O) groups excluding carboxylic acids is 1. The SMILES string of the molecule is COc1cccc2c3c(oc12)CN(CCCOc1ccc2c(c1)NC(=O)CC2)CC3. The molecule has 30 heavy (non-hydrogen) atoms. The van der Waals surface area contributed by atoms with Crippen LogP contribution in [0.1, 0.15) is 29.7 Å². The van der Waals surface area contributed by atoms with E-state index >= 15 is 0 Å². The number of hydrogen-bond acceptors (Lipinski definition) is 5. The summed E-state index contributed by atoms with van der Waals surface area (Å²) in [5, 5.41) is 4.10. The molecule has 0 aliphatic carbocycles. The van der Waals surface area contributed by atoms with Crippen molar-refractivity contribution in [1.29, 1.82) is 0 Å². The Morgan fingerprint density at radius 2 is 2.10 bits per heavy atom. The van der Waals surface area contributed by atoms with E-state index in [1.54, 1.807) is 7.11 Å². The van der Waals surface area contributed by atoms with Crippen molar-refractivity contribution in [3.8, 4) is 11.5 Å². The largest absolute Gasteiger partial charge is 0.493 e. The molecule has 0 atom stereocenters. The Hall–Kier alpha value is -2.99. The second-order valence-electron chi connectivity index (χ2n) is 7.94. The average molecular weight is 406 g/mol. The molecule has 0 saturated carbocycles. The van der Waals surface area contributed by atoms with Gasteiger partial charge in [-0.25, -0.2) is 0 Å². The predicted octanol–water partition coefficient (Wildman–Crippen LogP) is 4.15. The van der Waals surface area contributed by atoms with Crippen LogP contribution in [0.2, 0.25) is 0 Å². The third-order valence-corrected chi connectivity index (χ3v) is 6.00. The number of furan rings is 1. The van der Waals surface area contributed by atoms with Crippen LogP contribution in [0.3, 0.4) is 0 Å². The van der Waals surface area contributed by atoms with Gasteiger partial charge >= 0.3 is 0 Å². The molecule has 3 aromatic rings. The van der Waals surface area contributed by atoms with Crippen molar-refractivity contribution < 1.29 is 18.7 Å². The van der Waals surface area contributed by atoms with Crippen molar-refractivity contribution in [3.63, 3.8) is 0 Å². The summed E-state index contributed by atoms with van der Waals surface area (Å²) in [7, 11) is 1.68. The molecular formula is C24H26N2O4. The van der Waals surface area contributed by atoms with Gasteiger partial charge in [0.15, 0.2) is 11.3 Å². The van der Waals surface area contributed by atoms with Crippen molar-refractivity contribution in [2.45, 2.75) is 32.2 Å². The molecular weight excluding hydrogens is 380 g/mol. The van der Waals surface area contributed by atoms with Gasteiger partial charge in [-0.05, 0) is 37.0 Å². The summed E-state index contributed by atoms with van der Waals surface area (Å²) in [4.78, 5) is 14.0. The van der Waals surface area contributed by atoms with E-state index < -0.39 is 0 Å². The topological polar surface area (TPSA) is 63.9 Å². The van der Waals surface area contributed by atoms with Gasteiger partial charge in [0.25, 0.3) is 0 Å². The molecule has 2 aliphatic rings. The monoisotopic (exact) mass is 406 g/mol. The minimum atomic E-state index is 0.0762. The minimum Gasteiger partial charge on any atom is -0.493 e. The number of fused-ring (bicyclic) bond motifs is 4. The van der Waals surface area contributed by atoms with Crippen molar-refractivity contribution >= 4 is 22.6 Å². The quantitative estimate of drug-likeness (QED) is 0.623. The lowest BCUT2D eigenvalue weighted by Gasteiger charge is -2.25. The van der Waals surface area contributed by atoms with E-state index in [0.29, 0.717) is 13.0 Å². The van der Waals surface area contributed by atoms with E-state index in [1.807, 2.05) is 30.3 Å². The molecule has 2 aliphatic heterocycles. The maximum absolute atomic E-state index is 11.6. The van der Waals surface area contributed by atoms with Crippen LogP contribution < -0.4 is 14.8 Å². The fourth-order valence-electron chi connectivity index (χ4n) is 4.42. The van der Waals surface area contributed by atoms with E-state index in [0.717, 1.165) is 67.4 Å². The lowest BCUT2D eigenvalue weighted by atomic mass is 10.0. The Morgan fingerprint density at radius 1 is 1.17 bits per heavy atom. The zero-order chi connectivity index (χ0) is 20.5. The first kappa shape index (κ1) is 19.0. The molecule has 6 heteroatoms. The molecule has 0 spiro atoms. The molecule has 6 nitrogen and oxygen atoms in total. The molecule has 5 rings (SSSR count). The number of amides is 1. The molecule has 0 unspecified atom stereocenters. The highest BCUT2D eigenvalue weighted by Crippen LogP contribution is 2.35. The van der Waals surface area contributed by atoms with E-state index in [-0.39, 0.29) is 5.91 Å². The number of anilines is 1. The van der Waals surface area contributed by atoms with Gasteiger partial charge in [0.05, 0.1) is 20.3 Å². The Kier molecular flexibility index (Phi) is 5.09. The molecule has 3 heterocycles. The zero-order valence-electron chi connectivity index (χ0n) is 17.2. The number of rotatable bonds is 6. The number of benzene rings is 2. The molecule has 156 valence electrons. The van der Waals surface area contributed by atoms with Gasteiger partial charge in [0, 0.05) is 42.2 Å². The van der Waals surface area contributed by atoms with Crippen molar-refractivity contribution in [1.82, 2.24) is 4.90 Å². The van der Waals surface area contributed by atoms with Crippen LogP contribution in [-0.4, -0.2) is 37.6 Å². The van der Waals surface area contributed by atoms with Crippen molar-refractivity contribution in [3.05, 3.63) is 53.3 Å². The number of para-hydroxylation sites is 1. The Balaban J connectivity index is 1.16. The van der Waals surface area contributed by atoms with Crippen LogP contribution in [0, 0.1) is 0 Å². The van der Waals surface area contributed by atoms with Crippen LogP contribution in [0.15, 0.2) is 40.8 Å². The molecule has 0 saturated heterocycles. The summed E-state index contributed by atoms with van der Waals surface area (Å²) < 4.78 is 17.5. The third kappa shape index (κ3) is 3.63. The van der Waals surface area contributed by atoms with E-state index in [9.17, 15) is 4.79 Å². The van der Waals surface area contributed by atoms with Gasteiger partial charge in [-0.1, -0.05) is 18.2 Å². The highest BCUT2D eigenvalue weighted by molar-refractivity contribution is 5.94. The summed E-state index contributed by atoms with van der Waals surface area (Å²) in [6.07, 6.45) is 3.28. The predicted molar refractivity (Wildman–Crippen MR) is 115 cm³/mol. The Morgan fingerprint density at radius 3 is 3.00 bits per heavy atom. The first-order chi connectivity index (χ1) is 14.7. The van der Waals surface area contributed by atoms with Crippen LogP contribution in [-0.2, 0) is 24.2 Å². The molecule has 1 aromatic heterocycles. The van der Waals surface area contributed by atoms with E-state index in [1.165, 1.54) is 16.5 Å². The van der Waals surface area contributed by atoms with Crippen LogP contribution >= 0.6 is 0 Å². The number of nitrogens with one attached hydrogen (secondary N) is 1. The molecule has 1 N–H and O–H groups in total. The second kappa shape index (κ2) is 8.03. The lowest BCUT2D eigenvalue weighted by molar-refractivity contribution is -0.116. The summed E-state index contributed by atoms with van der Waals surface area (Å²) >= 11 is 0. The fraction of sp³-hybridized carbons (Fsp3) is 0.375. The zero-order valence-corrected chi connectivity index (χ0v) is 17.2. The van der Waals surface area contributed by atoms with Crippen molar-refractivity contribution in [2.75, 3.05) is 32.1 Å². The lowest BCUT2D eigenvalue weighted by Crippen LogP contribution is -2.31. The van der Waals surface area contributed by atoms with Crippen LogP contribution in [0.25, 0.3) is 11.0 Å². The molecule has 0 bridgehead atoms. The normalized spacial score (nSPS) is 16.1. The van der Waals surface area contributed by atoms with Crippen LogP contribution in [0.5, 0.6) is 11.5 Å². The van der Waals surface area contributed by atoms with Gasteiger partial charge in [-0.2, -0.15) is 0 Å². The molecule has 0 radical (unpaired) electrons. The number of methoxy groups -OCH3 is 1. The maximum atomic E-state index is 11.6. The Bertz CT molecular complexity index is 1090. The number of ether oxygens (including phenoxy) is 2. The standard InChI is InChI=1S/C24H26N2O4/c1-28-21-5-2-4-19-18-10-12-26(15-22(18)30-24(19)21)11-3-13-29-17-8-6-16-7-9-23(27)25-20(16)14-17/h2,4-6,8,14H,3,7,9-13,15H2,1H3,(H,25,27). The smallest absolute Gasteiger partial charge is 0.224 e. The van der Waals surface area contributed by atoms with Crippen molar-refractivity contribution in [2.24, 2.45) is 0 Å². The van der Waals surface area contributed by atoms with Gasteiger partial charge in [-0.15, -0.1) is 0 Å². The molecule has 2 aromatic carbocycles. The first-order valence-corrected chi connectivity index (χ1v) is 10.6. The summed E-state index contributed by atoms with van der Waals surface area (Å²) in [5.41, 5.74) is 4.23. The van der Waals surface area contributed by atoms with E-state index in [4.69, 9.17) is 13.9 Å². The highest BCUT2D eigenvalue weighted by Gasteiger charge is 2.23. The highest BCUT2D eigenvalue weighted by atomic mass is 16.5. The molecule has 1 amide bonds. The van der Waals surface area contributed by atoms with E-state index in [2.05, 4.69) is 16.3 Å². The number of aryl methyl sites for hydroxylation is 1. The average Bonchev–Trinajstić information content (AvgIpc) is 3.14. The van der Waals surface area contributed by atoms with Gasteiger partial charge in [-0.3, -0.25) is 9.69 Å². The Labute approximate surface area is 175 Å². The number of nitrogens with zero attached hydrogens (tertiary/aromatic N) is 1. The second-order valence-corrected chi connectivity index (χ2v) is 7.94. The van der Waals surface area contributed by atoms with Gasteiger partial charge in [0.2, 0.25) is 5.91 Å². The molecule has 0 fully saturated rings. The minimum absolute atomic E-state index is 0.0762. The van der Waals surface area contributed by atoms with Gasteiger partial charge in [0.1, 0.15) is 11.5 Å². The summed E-state index contributed by atoms with van der Waals surface area (Å²) in [5.74, 6) is 2.73. The summed E-state index contributed by atoms with van der Waals surface area (Å²) in [6.45, 7) is 3.43. The fourth-order valence-corrected chi connectivity index (χ4v) is 4.42. The number of carbonyl (C=O) groups is 1. The van der Waals surface area contributed by atoms with Crippen LogP contribution in [0.4, 0.5) is 5.69 Å². The van der Waals surface area contributed by atoms with Gasteiger partial charge < -0.3 is 19.2 Å².